The van der Waals surface area contributed by atoms with Gasteiger partial charge in [0.15, 0.2) is 0 Å². The molecule has 21 heavy (non-hydrogen) atoms. The number of rotatable bonds is 7. The van der Waals surface area contributed by atoms with E-state index in [9.17, 15) is 9.59 Å². The molecule has 0 aliphatic heterocycles. The fraction of sp³-hybridized carbons (Fsp3) is 0.667. The van der Waals surface area contributed by atoms with Crippen molar-refractivity contribution in [1.29, 1.82) is 0 Å². The molecule has 0 saturated carbocycles. The van der Waals surface area contributed by atoms with Gasteiger partial charge >= 0.3 is 71.1 Å². The number of carboxylic acids is 2. The van der Waals surface area contributed by atoms with E-state index in [2.05, 4.69) is 0 Å². The maximum absolute atomic E-state index is 10.3. The fourth-order valence-electron chi connectivity index (χ4n) is 0.385. The quantitative estimate of drug-likeness (QED) is 0.106. The Balaban J connectivity index is -0.000000179. The molecule has 0 spiro atoms. The van der Waals surface area contributed by atoms with Crippen LogP contribution in [0.2, 0.25) is 0 Å². The van der Waals surface area contributed by atoms with Crippen LogP contribution in [0.5, 0.6) is 0 Å². The summed E-state index contributed by atoms with van der Waals surface area (Å²) in [6, 6.07) is -1.85. The van der Waals surface area contributed by atoms with E-state index in [1.54, 1.807) is 0 Å². The zero-order valence-electron chi connectivity index (χ0n) is 11.3. The van der Waals surface area contributed by atoms with Gasteiger partial charge in [0.05, 0.1) is 0 Å². The summed E-state index contributed by atoms with van der Waals surface area (Å²) in [7, 11) is -2.76. The van der Waals surface area contributed by atoms with E-state index in [0.29, 0.717) is 0 Å². The molecule has 0 rings (SSSR count). The third-order valence-electron chi connectivity index (χ3n) is 1.21. The van der Waals surface area contributed by atoms with Crippen molar-refractivity contribution in [2.24, 2.45) is 11.5 Å². The Kier molecular flexibility index (Phi) is 23.5. The molecule has 0 aromatic carbocycles. The Morgan fingerprint density at radius 3 is 1.29 bits per heavy atom. The maximum Gasteiger partial charge on any atom is 1.00 e. The first-order valence-corrected chi connectivity index (χ1v) is 8.15. The summed E-state index contributed by atoms with van der Waals surface area (Å²) in [4.78, 5) is 20.5. The summed E-state index contributed by atoms with van der Waals surface area (Å²) in [5, 5.41) is 16.8. The van der Waals surface area contributed by atoms with Crippen molar-refractivity contribution in [3.05, 3.63) is 0 Å². The van der Waals surface area contributed by atoms with Gasteiger partial charge in [-0.1, -0.05) is 21.6 Å². The molecule has 0 aliphatic carbocycles. The van der Waals surface area contributed by atoms with Crippen molar-refractivity contribution in [1.82, 2.24) is 0 Å². The van der Waals surface area contributed by atoms with Crippen molar-refractivity contribution >= 4 is 43.9 Å². The summed E-state index contributed by atoms with van der Waals surface area (Å²) in [6.45, 7) is 0. The molecule has 0 aromatic rings. The molecule has 0 fully saturated rings. The van der Waals surface area contributed by atoms with Gasteiger partial charge in [0.1, 0.15) is 12.1 Å². The summed E-state index contributed by atoms with van der Waals surface area (Å²) in [5.74, 6) is -1.68. The second-order valence-electron chi connectivity index (χ2n) is 2.87. The standard InChI is InChI=1S/C6H12N2O4S2.2Na.H2O4S/c7-3(5(9)10)1-13-14-2-4(8)6(11)12;;;1-5(2,3)4/h3-4H,1-2,7-8H2,(H,9,10)(H,11,12);;;(H2,1,2,3,4)/q;2*+1;/p-2/t3-,4-;;;/m0.../s1. The Labute approximate surface area is 173 Å². The number of nitrogens with two attached hydrogens (primary N) is 2. The molecule has 0 aliphatic rings. The van der Waals surface area contributed by atoms with Crippen LogP contribution in [-0.2, 0) is 20.0 Å². The van der Waals surface area contributed by atoms with E-state index in [1.165, 1.54) is 21.6 Å². The van der Waals surface area contributed by atoms with Crippen molar-refractivity contribution in [2.75, 3.05) is 11.5 Å². The second-order valence-corrected chi connectivity index (χ2v) is 6.24. The van der Waals surface area contributed by atoms with Crippen LogP contribution in [0.1, 0.15) is 0 Å². The number of carboxylic acid groups (broad SMARTS) is 2. The van der Waals surface area contributed by atoms with Crippen LogP contribution in [0.25, 0.3) is 0 Å². The number of carbonyl (C=O) groups is 2. The van der Waals surface area contributed by atoms with Crippen molar-refractivity contribution in [3.63, 3.8) is 0 Å². The van der Waals surface area contributed by atoms with Crippen LogP contribution in [-0.4, -0.2) is 63.3 Å². The second kappa shape index (κ2) is 16.3. The van der Waals surface area contributed by atoms with Crippen LogP contribution in [0, 0.1) is 0 Å². The minimum absolute atomic E-state index is 0. The van der Waals surface area contributed by atoms with Gasteiger partial charge in [0.2, 0.25) is 0 Å². The molecule has 6 N–H and O–H groups in total. The van der Waals surface area contributed by atoms with Crippen LogP contribution >= 0.6 is 21.6 Å². The molecule has 0 aromatic heterocycles. The van der Waals surface area contributed by atoms with Crippen molar-refractivity contribution in [2.45, 2.75) is 12.1 Å². The van der Waals surface area contributed by atoms with Gasteiger partial charge in [0.25, 0.3) is 0 Å². The van der Waals surface area contributed by atoms with Gasteiger partial charge < -0.3 is 30.8 Å². The largest absolute Gasteiger partial charge is 1.00 e. The van der Waals surface area contributed by atoms with Crippen molar-refractivity contribution < 1.29 is 96.4 Å². The molecule has 0 amide bonds. The molecular formula is C6H12N2Na2O8S3. The third-order valence-corrected chi connectivity index (χ3v) is 3.69. The fourth-order valence-corrected chi connectivity index (χ4v) is 2.61. The zero-order chi connectivity index (χ0) is 15.6. The van der Waals surface area contributed by atoms with Gasteiger partial charge in [-0.3, -0.25) is 18.0 Å². The Bertz CT molecular complexity index is 365. The normalized spacial score (nSPS) is 12.6. The molecule has 15 heteroatoms. The first-order chi connectivity index (χ1) is 8.45. The Morgan fingerprint density at radius 2 is 1.14 bits per heavy atom. The van der Waals surface area contributed by atoms with E-state index in [4.69, 9.17) is 39.2 Å². The SMILES string of the molecule is N[C@@H](CSSC[C@H](N)C(=O)O)C(=O)O.O=S(=O)([O-])[O-].[Na+].[Na+]. The van der Waals surface area contributed by atoms with E-state index in [0.717, 1.165) is 0 Å². The molecule has 0 bridgehead atoms. The molecule has 114 valence electrons. The minimum Gasteiger partial charge on any atom is -0.759 e. The van der Waals surface area contributed by atoms with Gasteiger partial charge in [-0.25, -0.2) is 0 Å². The molecule has 0 unspecified atom stereocenters. The van der Waals surface area contributed by atoms with Gasteiger partial charge in [0, 0.05) is 21.9 Å². The van der Waals surface area contributed by atoms with E-state index in [1.807, 2.05) is 0 Å². The summed E-state index contributed by atoms with van der Waals surface area (Å²) < 4.78 is 34.1. The van der Waals surface area contributed by atoms with Crippen LogP contribution in [0.15, 0.2) is 0 Å². The first kappa shape index (κ1) is 30.3. The maximum atomic E-state index is 10.3. The molecular weight excluding hydrogens is 370 g/mol. The molecule has 2 atom stereocenters. The summed E-state index contributed by atoms with van der Waals surface area (Å²) >= 11 is 0. The summed E-state index contributed by atoms with van der Waals surface area (Å²) in [5.41, 5.74) is 10.4. The number of aliphatic carboxylic acids is 2. The Hall–Kier alpha value is 1.43. The predicted octanol–water partition coefficient (Wildman–Crippen LogP) is -8.14. The molecule has 0 saturated heterocycles. The monoisotopic (exact) mass is 382 g/mol. The number of hydrogen-bond acceptors (Lipinski definition) is 10. The Morgan fingerprint density at radius 1 is 0.952 bits per heavy atom. The molecule has 0 heterocycles. The minimum atomic E-state index is -5.17. The van der Waals surface area contributed by atoms with E-state index in [-0.39, 0.29) is 70.6 Å². The third kappa shape index (κ3) is 30.0. The van der Waals surface area contributed by atoms with Crippen LogP contribution in [0.4, 0.5) is 0 Å². The van der Waals surface area contributed by atoms with E-state index < -0.39 is 34.4 Å². The predicted molar refractivity (Wildman–Crippen MR) is 66.6 cm³/mol. The van der Waals surface area contributed by atoms with Crippen LogP contribution < -0.4 is 70.6 Å². The van der Waals surface area contributed by atoms with E-state index >= 15 is 0 Å². The smallest absolute Gasteiger partial charge is 0.759 e. The topological polar surface area (TPSA) is 207 Å². The van der Waals surface area contributed by atoms with Gasteiger partial charge in [-0.2, -0.15) is 0 Å². The average molecular weight is 382 g/mol. The van der Waals surface area contributed by atoms with Gasteiger partial charge in [-0.15, -0.1) is 0 Å². The van der Waals surface area contributed by atoms with Crippen LogP contribution in [0.3, 0.4) is 0 Å². The molecule has 10 nitrogen and oxygen atoms in total. The average Bonchev–Trinajstić information content (AvgIpc) is 2.20. The zero-order valence-corrected chi connectivity index (χ0v) is 17.7. The summed E-state index contributed by atoms with van der Waals surface area (Å²) in [6.07, 6.45) is 0. The number of hydrogen-bond donors (Lipinski definition) is 4. The van der Waals surface area contributed by atoms with Gasteiger partial charge in [-0.05, 0) is 0 Å². The van der Waals surface area contributed by atoms with Crippen molar-refractivity contribution in [3.8, 4) is 0 Å². The first-order valence-electron chi connectivity index (χ1n) is 4.33. The molecule has 0 radical (unpaired) electrons.